The molecule has 2 heterocycles. The van der Waals surface area contributed by atoms with Crippen molar-refractivity contribution in [3.05, 3.63) is 6.33 Å². The summed E-state index contributed by atoms with van der Waals surface area (Å²) < 4.78 is 1.86. The summed E-state index contributed by atoms with van der Waals surface area (Å²) in [5, 5.41) is 0. The Kier molecular flexibility index (Phi) is 3.43. The molecule has 0 amide bonds. The van der Waals surface area contributed by atoms with Crippen LogP contribution < -0.4 is 11.5 Å². The highest BCUT2D eigenvalue weighted by molar-refractivity contribution is 5.82. The highest BCUT2D eigenvalue weighted by Gasteiger charge is 2.07. The van der Waals surface area contributed by atoms with Crippen molar-refractivity contribution in [2.75, 3.05) is 11.5 Å². The lowest BCUT2D eigenvalue weighted by Gasteiger charge is -1.99. The van der Waals surface area contributed by atoms with E-state index >= 15 is 0 Å². The molecule has 0 unspecified atom stereocenters. The number of rotatable bonds is 1. The summed E-state index contributed by atoms with van der Waals surface area (Å²) in [4.78, 5) is 12.0. The minimum atomic E-state index is 0.181. The van der Waals surface area contributed by atoms with Crippen molar-refractivity contribution < 1.29 is 0 Å². The standard InChI is InChI=1S/C7H10N6.C2H6/c1-2-13-3-10-4-5(8)11-7(9)12-6(4)13;1-2/h3H,2H2,1H3,(H4,8,9,11,12);1-2H3. The summed E-state index contributed by atoms with van der Waals surface area (Å²) in [5.74, 6) is 0.509. The van der Waals surface area contributed by atoms with Gasteiger partial charge < -0.3 is 16.0 Å². The number of hydrogen-bond donors (Lipinski definition) is 2. The van der Waals surface area contributed by atoms with Gasteiger partial charge >= 0.3 is 0 Å². The molecule has 0 saturated carbocycles. The van der Waals surface area contributed by atoms with Crippen molar-refractivity contribution in [1.29, 1.82) is 0 Å². The van der Waals surface area contributed by atoms with Crippen molar-refractivity contribution in [2.45, 2.75) is 27.3 Å². The molecule has 0 aliphatic heterocycles. The van der Waals surface area contributed by atoms with Crippen LogP contribution in [0.4, 0.5) is 11.8 Å². The number of fused-ring (bicyclic) bond motifs is 1. The van der Waals surface area contributed by atoms with Gasteiger partial charge in [-0.25, -0.2) is 4.98 Å². The molecule has 0 aliphatic rings. The number of imidazole rings is 1. The average Bonchev–Trinajstić information content (AvgIpc) is 2.64. The minimum absolute atomic E-state index is 0.181. The third-order valence-corrected chi connectivity index (χ3v) is 1.85. The SMILES string of the molecule is CC.CCn1cnc2c(N)nc(N)nc21. The number of nitrogen functional groups attached to an aromatic ring is 2. The quantitative estimate of drug-likeness (QED) is 0.729. The lowest BCUT2D eigenvalue weighted by atomic mass is 10.5. The molecule has 15 heavy (non-hydrogen) atoms. The molecular weight excluding hydrogens is 192 g/mol. The molecule has 6 heteroatoms. The van der Waals surface area contributed by atoms with Crippen LogP contribution >= 0.6 is 0 Å². The van der Waals surface area contributed by atoms with Crippen molar-refractivity contribution in [3.63, 3.8) is 0 Å². The summed E-state index contributed by atoms with van der Waals surface area (Å²) in [5.41, 5.74) is 12.4. The van der Waals surface area contributed by atoms with Gasteiger partial charge in [-0.05, 0) is 6.92 Å². The van der Waals surface area contributed by atoms with Crippen LogP contribution in [0.25, 0.3) is 11.2 Å². The van der Waals surface area contributed by atoms with E-state index < -0.39 is 0 Å². The van der Waals surface area contributed by atoms with Crippen LogP contribution in [0.5, 0.6) is 0 Å². The molecule has 0 aliphatic carbocycles. The summed E-state index contributed by atoms with van der Waals surface area (Å²) >= 11 is 0. The third kappa shape index (κ3) is 1.98. The molecule has 4 N–H and O–H groups in total. The molecule has 82 valence electrons. The van der Waals surface area contributed by atoms with Gasteiger partial charge in [-0.2, -0.15) is 9.97 Å². The normalized spacial score (nSPS) is 9.80. The summed E-state index contributed by atoms with van der Waals surface area (Å²) in [7, 11) is 0. The molecule has 0 saturated heterocycles. The number of aryl methyl sites for hydroxylation is 1. The Labute approximate surface area is 88.3 Å². The molecule has 0 spiro atoms. The Hall–Kier alpha value is -1.85. The molecule has 0 aromatic carbocycles. The molecule has 2 aromatic rings. The molecule has 6 nitrogen and oxygen atoms in total. The second-order valence-electron chi connectivity index (χ2n) is 2.67. The van der Waals surface area contributed by atoms with Crippen LogP contribution in [0.15, 0.2) is 6.33 Å². The van der Waals surface area contributed by atoms with Gasteiger partial charge in [0.2, 0.25) is 5.95 Å². The lowest BCUT2D eigenvalue weighted by Crippen LogP contribution is -2.02. The second-order valence-corrected chi connectivity index (χ2v) is 2.67. The highest BCUT2D eigenvalue weighted by Crippen LogP contribution is 2.16. The van der Waals surface area contributed by atoms with Gasteiger partial charge in [0, 0.05) is 6.54 Å². The van der Waals surface area contributed by atoms with E-state index in [1.807, 2.05) is 25.3 Å². The highest BCUT2D eigenvalue weighted by atomic mass is 15.2. The van der Waals surface area contributed by atoms with Crippen molar-refractivity contribution in [1.82, 2.24) is 19.5 Å². The summed E-state index contributed by atoms with van der Waals surface area (Å²) in [6, 6.07) is 0. The number of nitrogens with two attached hydrogens (primary N) is 2. The first-order valence-electron chi connectivity index (χ1n) is 4.96. The Morgan fingerprint density at radius 3 is 2.53 bits per heavy atom. The van der Waals surface area contributed by atoms with Crippen molar-refractivity contribution in [2.24, 2.45) is 0 Å². The minimum Gasteiger partial charge on any atom is -0.382 e. The molecule has 0 bridgehead atoms. The monoisotopic (exact) mass is 208 g/mol. The van der Waals surface area contributed by atoms with Gasteiger partial charge in [-0.3, -0.25) is 0 Å². The smallest absolute Gasteiger partial charge is 0.224 e. The van der Waals surface area contributed by atoms with Crippen LogP contribution in [0, 0.1) is 0 Å². The first kappa shape index (κ1) is 11.2. The topological polar surface area (TPSA) is 95.6 Å². The Morgan fingerprint density at radius 2 is 1.93 bits per heavy atom. The molecule has 0 atom stereocenters. The summed E-state index contributed by atoms with van der Waals surface area (Å²) in [6.45, 7) is 6.78. The van der Waals surface area contributed by atoms with Gasteiger partial charge in [0.15, 0.2) is 11.5 Å². The predicted octanol–water partition coefficient (Wildman–Crippen LogP) is 1.04. The van der Waals surface area contributed by atoms with Crippen LogP contribution in [0.1, 0.15) is 20.8 Å². The van der Waals surface area contributed by atoms with E-state index in [-0.39, 0.29) is 5.95 Å². The Bertz CT molecular complexity index is 447. The fourth-order valence-corrected chi connectivity index (χ4v) is 1.22. The van der Waals surface area contributed by atoms with Crippen LogP contribution in [-0.4, -0.2) is 19.5 Å². The first-order chi connectivity index (χ1) is 7.22. The Morgan fingerprint density at radius 1 is 1.27 bits per heavy atom. The molecule has 2 rings (SSSR count). The second kappa shape index (κ2) is 4.59. The largest absolute Gasteiger partial charge is 0.382 e. The Balaban J connectivity index is 0.000000531. The number of aromatic nitrogens is 4. The van der Waals surface area contributed by atoms with Crippen LogP contribution in [0.3, 0.4) is 0 Å². The zero-order valence-corrected chi connectivity index (χ0v) is 9.23. The van der Waals surface area contributed by atoms with E-state index in [1.165, 1.54) is 0 Å². The number of anilines is 2. The van der Waals surface area contributed by atoms with Gasteiger partial charge in [0.25, 0.3) is 0 Å². The molecule has 2 aromatic heterocycles. The first-order valence-corrected chi connectivity index (χ1v) is 4.96. The maximum absolute atomic E-state index is 5.62. The van der Waals surface area contributed by atoms with Crippen molar-refractivity contribution in [3.8, 4) is 0 Å². The van der Waals surface area contributed by atoms with E-state index in [9.17, 15) is 0 Å². The van der Waals surface area contributed by atoms with Gasteiger partial charge in [-0.1, -0.05) is 13.8 Å². The average molecular weight is 208 g/mol. The third-order valence-electron chi connectivity index (χ3n) is 1.85. The van der Waals surface area contributed by atoms with Crippen LogP contribution in [0.2, 0.25) is 0 Å². The maximum Gasteiger partial charge on any atom is 0.224 e. The number of nitrogens with zero attached hydrogens (tertiary/aromatic N) is 4. The van der Waals surface area contributed by atoms with E-state index in [0.29, 0.717) is 17.0 Å². The van der Waals surface area contributed by atoms with E-state index in [1.54, 1.807) is 6.33 Å². The van der Waals surface area contributed by atoms with Gasteiger partial charge in [0.1, 0.15) is 5.52 Å². The summed E-state index contributed by atoms with van der Waals surface area (Å²) in [6.07, 6.45) is 1.68. The van der Waals surface area contributed by atoms with E-state index in [4.69, 9.17) is 11.5 Å². The zero-order chi connectivity index (χ0) is 11.4. The molecule has 0 fully saturated rings. The lowest BCUT2D eigenvalue weighted by molar-refractivity contribution is 0.778. The van der Waals surface area contributed by atoms with Crippen LogP contribution in [-0.2, 0) is 6.54 Å². The van der Waals surface area contributed by atoms with Crippen molar-refractivity contribution >= 4 is 22.9 Å². The van der Waals surface area contributed by atoms with E-state index in [2.05, 4.69) is 15.0 Å². The zero-order valence-electron chi connectivity index (χ0n) is 9.23. The number of hydrogen-bond acceptors (Lipinski definition) is 5. The van der Waals surface area contributed by atoms with E-state index in [0.717, 1.165) is 6.54 Å². The fraction of sp³-hybridized carbons (Fsp3) is 0.444. The fourth-order valence-electron chi connectivity index (χ4n) is 1.22. The maximum atomic E-state index is 5.62. The van der Waals surface area contributed by atoms with Gasteiger partial charge in [0.05, 0.1) is 6.33 Å². The van der Waals surface area contributed by atoms with Gasteiger partial charge in [-0.15, -0.1) is 0 Å². The predicted molar refractivity (Wildman–Crippen MR) is 61.2 cm³/mol. The molecular formula is C9H16N6. The molecule has 0 radical (unpaired) electrons.